The molecule has 0 atom stereocenters. The smallest absolute Gasteiger partial charge is 0.252 e. The predicted molar refractivity (Wildman–Crippen MR) is 77.8 cm³/mol. The lowest BCUT2D eigenvalue weighted by Crippen LogP contribution is -2.26. The maximum absolute atomic E-state index is 13.2. The fourth-order valence-corrected chi connectivity index (χ4v) is 2.23. The van der Waals surface area contributed by atoms with Crippen molar-refractivity contribution in [1.82, 2.24) is 15.1 Å². The van der Waals surface area contributed by atoms with E-state index in [0.717, 1.165) is 5.69 Å². The fourth-order valence-electron chi connectivity index (χ4n) is 1.74. The maximum Gasteiger partial charge on any atom is 0.252 e. The molecule has 0 radical (unpaired) electrons. The Bertz CT molecular complexity index is 641. The van der Waals surface area contributed by atoms with E-state index in [1.54, 1.807) is 4.68 Å². The van der Waals surface area contributed by atoms with Gasteiger partial charge in [-0.1, -0.05) is 0 Å². The van der Waals surface area contributed by atoms with Crippen LogP contribution in [0.5, 0.6) is 0 Å². The Morgan fingerprint density at radius 3 is 2.95 bits per heavy atom. The molecule has 0 unspecified atom stereocenters. The highest BCUT2D eigenvalue weighted by Gasteiger charge is 2.13. The van der Waals surface area contributed by atoms with Gasteiger partial charge >= 0.3 is 0 Å². The molecule has 0 aliphatic heterocycles. The van der Waals surface area contributed by atoms with Crippen LogP contribution in [0, 0.1) is 5.82 Å². The van der Waals surface area contributed by atoms with E-state index in [0.29, 0.717) is 23.0 Å². The number of aromatic nitrogens is 2. The van der Waals surface area contributed by atoms with Gasteiger partial charge in [-0.05, 0) is 34.1 Å². The summed E-state index contributed by atoms with van der Waals surface area (Å²) in [6.45, 7) is 0.444. The van der Waals surface area contributed by atoms with Gasteiger partial charge in [-0.15, -0.1) is 0 Å². The number of rotatable bonds is 4. The molecule has 0 fully saturated rings. The third-order valence-electron chi connectivity index (χ3n) is 2.77. The van der Waals surface area contributed by atoms with Crippen LogP contribution in [0.4, 0.5) is 10.1 Å². The van der Waals surface area contributed by atoms with Crippen molar-refractivity contribution in [3.8, 4) is 0 Å². The van der Waals surface area contributed by atoms with Gasteiger partial charge < -0.3 is 11.1 Å². The van der Waals surface area contributed by atoms with E-state index >= 15 is 0 Å². The molecule has 7 heteroatoms. The molecule has 3 N–H and O–H groups in total. The van der Waals surface area contributed by atoms with Crippen molar-refractivity contribution in [1.29, 1.82) is 0 Å². The van der Waals surface area contributed by atoms with E-state index in [1.807, 2.05) is 19.3 Å². The van der Waals surface area contributed by atoms with Crippen molar-refractivity contribution in [2.24, 2.45) is 7.05 Å². The second-order valence-electron chi connectivity index (χ2n) is 4.34. The van der Waals surface area contributed by atoms with E-state index in [4.69, 9.17) is 5.73 Å². The quantitative estimate of drug-likeness (QED) is 0.834. The standard InChI is InChI=1S/C13H14BrFN4O/c1-19-5-3-8(18-19)2-4-17-13(20)9-6-12(16)11(15)7-10(9)14/h3,5-7H,2,4,16H2,1H3,(H,17,20). The number of nitrogens with zero attached hydrogens (tertiary/aromatic N) is 2. The number of aryl methyl sites for hydroxylation is 1. The minimum atomic E-state index is -0.554. The lowest BCUT2D eigenvalue weighted by atomic mass is 10.2. The SMILES string of the molecule is Cn1ccc(CCNC(=O)c2cc(N)c(F)cc2Br)n1. The number of nitrogen functional groups attached to an aromatic ring is 1. The average molecular weight is 341 g/mol. The van der Waals surface area contributed by atoms with E-state index < -0.39 is 5.82 Å². The van der Waals surface area contributed by atoms with Crippen LogP contribution in [0.1, 0.15) is 16.1 Å². The zero-order valence-electron chi connectivity index (χ0n) is 10.9. The van der Waals surface area contributed by atoms with Crippen LogP contribution in [0.2, 0.25) is 0 Å². The molecule has 2 aromatic rings. The molecule has 1 aromatic heterocycles. The zero-order chi connectivity index (χ0) is 14.7. The topological polar surface area (TPSA) is 72.9 Å². The molecule has 0 saturated carbocycles. The van der Waals surface area contributed by atoms with E-state index in [-0.39, 0.29) is 11.6 Å². The molecule has 20 heavy (non-hydrogen) atoms. The van der Waals surface area contributed by atoms with Gasteiger partial charge in [-0.3, -0.25) is 9.48 Å². The van der Waals surface area contributed by atoms with Crippen LogP contribution in [-0.4, -0.2) is 22.2 Å². The molecule has 0 bridgehead atoms. The van der Waals surface area contributed by atoms with Crippen LogP contribution in [0.3, 0.4) is 0 Å². The van der Waals surface area contributed by atoms with Gasteiger partial charge in [0.2, 0.25) is 0 Å². The summed E-state index contributed by atoms with van der Waals surface area (Å²) in [5, 5.41) is 6.96. The highest BCUT2D eigenvalue weighted by molar-refractivity contribution is 9.10. The lowest BCUT2D eigenvalue weighted by Gasteiger charge is -2.07. The van der Waals surface area contributed by atoms with E-state index in [9.17, 15) is 9.18 Å². The Morgan fingerprint density at radius 2 is 2.30 bits per heavy atom. The number of hydrogen-bond acceptors (Lipinski definition) is 3. The lowest BCUT2D eigenvalue weighted by molar-refractivity contribution is 0.0953. The van der Waals surface area contributed by atoms with Crippen LogP contribution >= 0.6 is 15.9 Å². The Balaban J connectivity index is 1.97. The first-order chi connectivity index (χ1) is 9.47. The Morgan fingerprint density at radius 1 is 1.55 bits per heavy atom. The third kappa shape index (κ3) is 3.36. The number of benzene rings is 1. The predicted octanol–water partition coefficient (Wildman–Crippen LogP) is 1.88. The largest absolute Gasteiger partial charge is 0.396 e. The first-order valence-electron chi connectivity index (χ1n) is 5.98. The van der Waals surface area contributed by atoms with Crippen molar-refractivity contribution < 1.29 is 9.18 Å². The maximum atomic E-state index is 13.2. The summed E-state index contributed by atoms with van der Waals surface area (Å²) in [7, 11) is 1.83. The summed E-state index contributed by atoms with van der Waals surface area (Å²) >= 11 is 3.15. The number of carbonyl (C=O) groups is 1. The Hall–Kier alpha value is -1.89. The van der Waals surface area contributed by atoms with E-state index in [1.165, 1.54) is 12.1 Å². The van der Waals surface area contributed by atoms with Crippen LogP contribution < -0.4 is 11.1 Å². The summed E-state index contributed by atoms with van der Waals surface area (Å²) < 4.78 is 15.3. The van der Waals surface area contributed by atoms with Crippen molar-refractivity contribution in [2.75, 3.05) is 12.3 Å². The molecule has 1 heterocycles. The number of nitrogens with two attached hydrogens (primary N) is 1. The number of amides is 1. The number of anilines is 1. The number of carbonyl (C=O) groups excluding carboxylic acids is 1. The Kier molecular flexibility index (Phi) is 4.39. The molecule has 0 aliphatic carbocycles. The van der Waals surface area contributed by atoms with Crippen molar-refractivity contribution >= 4 is 27.5 Å². The molecule has 106 valence electrons. The minimum Gasteiger partial charge on any atom is -0.396 e. The second kappa shape index (κ2) is 6.04. The molecule has 2 rings (SSSR count). The van der Waals surface area contributed by atoms with Crippen molar-refractivity contribution in [3.63, 3.8) is 0 Å². The molecule has 0 aliphatic rings. The van der Waals surface area contributed by atoms with Crippen LogP contribution in [0.15, 0.2) is 28.9 Å². The summed E-state index contributed by atoms with van der Waals surface area (Å²) in [5.41, 5.74) is 6.61. The number of hydrogen-bond donors (Lipinski definition) is 2. The molecule has 1 amide bonds. The van der Waals surface area contributed by atoms with Crippen molar-refractivity contribution in [2.45, 2.75) is 6.42 Å². The van der Waals surface area contributed by atoms with Gasteiger partial charge in [-0.2, -0.15) is 5.10 Å². The molecule has 5 nitrogen and oxygen atoms in total. The summed E-state index contributed by atoms with van der Waals surface area (Å²) in [6.07, 6.45) is 2.47. The highest BCUT2D eigenvalue weighted by atomic mass is 79.9. The van der Waals surface area contributed by atoms with Gasteiger partial charge in [-0.25, -0.2) is 4.39 Å². The molecule has 0 spiro atoms. The van der Waals surface area contributed by atoms with Gasteiger partial charge in [0.1, 0.15) is 5.82 Å². The highest BCUT2D eigenvalue weighted by Crippen LogP contribution is 2.22. The average Bonchev–Trinajstić information content (AvgIpc) is 2.79. The first-order valence-corrected chi connectivity index (χ1v) is 6.78. The fraction of sp³-hybridized carbons (Fsp3) is 0.231. The molecular formula is C13H14BrFN4O. The van der Waals surface area contributed by atoms with Gasteiger partial charge in [0.05, 0.1) is 16.9 Å². The van der Waals surface area contributed by atoms with Gasteiger partial charge in [0.15, 0.2) is 0 Å². The third-order valence-corrected chi connectivity index (χ3v) is 3.42. The van der Waals surface area contributed by atoms with Crippen LogP contribution in [-0.2, 0) is 13.5 Å². The molecule has 1 aromatic carbocycles. The minimum absolute atomic E-state index is 0.0527. The number of halogens is 2. The van der Waals surface area contributed by atoms with Crippen molar-refractivity contribution in [3.05, 3.63) is 45.9 Å². The summed E-state index contributed by atoms with van der Waals surface area (Å²) in [5.74, 6) is -0.860. The normalized spacial score (nSPS) is 10.6. The molecular weight excluding hydrogens is 327 g/mol. The van der Waals surface area contributed by atoms with E-state index in [2.05, 4.69) is 26.3 Å². The molecule has 0 saturated heterocycles. The van der Waals surface area contributed by atoms with Crippen LogP contribution in [0.25, 0.3) is 0 Å². The Labute approximate surface area is 124 Å². The zero-order valence-corrected chi connectivity index (χ0v) is 12.4. The monoisotopic (exact) mass is 340 g/mol. The summed E-state index contributed by atoms with van der Waals surface area (Å²) in [6, 6.07) is 4.39. The van der Waals surface area contributed by atoms with Gasteiger partial charge in [0.25, 0.3) is 5.91 Å². The second-order valence-corrected chi connectivity index (χ2v) is 5.19. The number of nitrogens with one attached hydrogen (secondary N) is 1. The first kappa shape index (κ1) is 14.5. The summed E-state index contributed by atoms with van der Waals surface area (Å²) in [4.78, 5) is 12.0. The van der Waals surface area contributed by atoms with Gasteiger partial charge in [0, 0.05) is 30.7 Å².